The third-order valence-electron chi connectivity index (χ3n) is 5.64. The summed E-state index contributed by atoms with van der Waals surface area (Å²) >= 11 is 0. The van der Waals surface area contributed by atoms with Crippen molar-refractivity contribution < 1.29 is 14.3 Å². The molecule has 0 saturated heterocycles. The number of carbonyl (C=O) groups excluding carboxylic acids is 1. The summed E-state index contributed by atoms with van der Waals surface area (Å²) in [6, 6.07) is 20.9. The Labute approximate surface area is 191 Å². The standard InChI is InChI=1S/C26H22N4O3/c1-30(2)14-16-3-7-19(8-4-16)28-25(18-6-10-22-23(12-18)33-15-32-22)24-20-9-5-17(13-27)11-21(20)29-26(24)31/h3-12,24H,14-15H2,1-2H3,(H,29,31). The average Bonchev–Trinajstić information content (AvgIpc) is 3.40. The van der Waals surface area contributed by atoms with E-state index in [-0.39, 0.29) is 12.7 Å². The minimum Gasteiger partial charge on any atom is -0.454 e. The Kier molecular flexibility index (Phi) is 5.29. The van der Waals surface area contributed by atoms with E-state index < -0.39 is 5.92 Å². The molecular formula is C26H22N4O3. The summed E-state index contributed by atoms with van der Waals surface area (Å²) in [5, 5.41) is 12.1. The summed E-state index contributed by atoms with van der Waals surface area (Å²) in [6.45, 7) is 1.00. The van der Waals surface area contributed by atoms with Gasteiger partial charge in [-0.05, 0) is 67.7 Å². The van der Waals surface area contributed by atoms with Gasteiger partial charge in [-0.1, -0.05) is 18.2 Å². The number of aliphatic imine (C=N–C) groups is 1. The molecule has 1 atom stereocenters. The van der Waals surface area contributed by atoms with Gasteiger partial charge in [0.2, 0.25) is 12.7 Å². The second-order valence-electron chi connectivity index (χ2n) is 8.31. The normalized spacial score (nSPS) is 16.5. The van der Waals surface area contributed by atoms with Crippen LogP contribution in [0.3, 0.4) is 0 Å². The maximum Gasteiger partial charge on any atom is 0.238 e. The molecule has 2 aliphatic heterocycles. The SMILES string of the molecule is CN(C)Cc1ccc(N=C(c2ccc3c(c2)OCO3)C2C(=O)Nc3cc(C#N)ccc32)cc1. The molecule has 1 unspecified atom stereocenters. The van der Waals surface area contributed by atoms with Crippen molar-refractivity contribution in [3.8, 4) is 17.6 Å². The van der Waals surface area contributed by atoms with E-state index in [1.807, 2.05) is 62.6 Å². The Morgan fingerprint density at radius 1 is 1.09 bits per heavy atom. The molecule has 5 rings (SSSR count). The summed E-state index contributed by atoms with van der Waals surface area (Å²) in [4.78, 5) is 20.1. The molecule has 0 aliphatic carbocycles. The lowest BCUT2D eigenvalue weighted by atomic mass is 9.90. The van der Waals surface area contributed by atoms with E-state index in [1.165, 1.54) is 5.56 Å². The number of amides is 1. The van der Waals surface area contributed by atoms with Gasteiger partial charge in [0.25, 0.3) is 0 Å². The van der Waals surface area contributed by atoms with Crippen molar-refractivity contribution in [3.05, 3.63) is 82.9 Å². The highest BCUT2D eigenvalue weighted by molar-refractivity contribution is 6.24. The van der Waals surface area contributed by atoms with Crippen LogP contribution < -0.4 is 14.8 Å². The molecule has 0 bridgehead atoms. The van der Waals surface area contributed by atoms with Crippen LogP contribution in [0.15, 0.2) is 65.7 Å². The molecule has 2 heterocycles. The van der Waals surface area contributed by atoms with Gasteiger partial charge in [-0.3, -0.25) is 9.79 Å². The molecule has 0 fully saturated rings. The van der Waals surface area contributed by atoms with Crippen LogP contribution in [0.2, 0.25) is 0 Å². The maximum absolute atomic E-state index is 13.1. The van der Waals surface area contributed by atoms with Gasteiger partial charge in [0.15, 0.2) is 11.5 Å². The molecule has 1 amide bonds. The van der Waals surface area contributed by atoms with E-state index in [9.17, 15) is 10.1 Å². The molecule has 0 aromatic heterocycles. The van der Waals surface area contributed by atoms with Gasteiger partial charge >= 0.3 is 0 Å². The Morgan fingerprint density at radius 3 is 2.64 bits per heavy atom. The summed E-state index contributed by atoms with van der Waals surface area (Å²) in [6.07, 6.45) is 0. The highest BCUT2D eigenvalue weighted by atomic mass is 16.7. The number of nitrogens with one attached hydrogen (secondary N) is 1. The number of nitrogens with zero attached hydrogens (tertiary/aromatic N) is 3. The number of nitriles is 1. The zero-order valence-electron chi connectivity index (χ0n) is 18.3. The third-order valence-corrected chi connectivity index (χ3v) is 5.64. The lowest BCUT2D eigenvalue weighted by Gasteiger charge is -2.15. The first-order valence-corrected chi connectivity index (χ1v) is 10.6. The van der Waals surface area contributed by atoms with Crippen LogP contribution in [-0.4, -0.2) is 37.4 Å². The topological polar surface area (TPSA) is 87.0 Å². The molecule has 0 radical (unpaired) electrons. The summed E-state index contributed by atoms with van der Waals surface area (Å²) < 4.78 is 11.0. The second kappa shape index (κ2) is 8.41. The minimum absolute atomic E-state index is 0.169. The number of hydrogen-bond acceptors (Lipinski definition) is 6. The van der Waals surface area contributed by atoms with E-state index in [4.69, 9.17) is 14.5 Å². The van der Waals surface area contributed by atoms with Crippen LogP contribution in [0, 0.1) is 11.3 Å². The van der Waals surface area contributed by atoms with Gasteiger partial charge in [-0.25, -0.2) is 0 Å². The summed E-state index contributed by atoms with van der Waals surface area (Å²) in [5.74, 6) is 0.497. The Bertz CT molecular complexity index is 1310. The smallest absolute Gasteiger partial charge is 0.238 e. The van der Waals surface area contributed by atoms with Gasteiger partial charge < -0.3 is 19.7 Å². The van der Waals surface area contributed by atoms with Crippen LogP contribution in [0.25, 0.3) is 0 Å². The maximum atomic E-state index is 13.1. The molecular weight excluding hydrogens is 416 g/mol. The van der Waals surface area contributed by atoms with Crippen LogP contribution in [0.1, 0.15) is 28.2 Å². The predicted molar refractivity (Wildman–Crippen MR) is 125 cm³/mol. The molecule has 7 heteroatoms. The number of hydrogen-bond donors (Lipinski definition) is 1. The number of ether oxygens (including phenoxy) is 2. The summed E-state index contributed by atoms with van der Waals surface area (Å²) in [5.41, 5.74) is 5.23. The zero-order chi connectivity index (χ0) is 22.9. The molecule has 3 aromatic carbocycles. The highest BCUT2D eigenvalue weighted by Crippen LogP contribution is 2.39. The van der Waals surface area contributed by atoms with Gasteiger partial charge in [-0.2, -0.15) is 5.26 Å². The Morgan fingerprint density at radius 2 is 1.88 bits per heavy atom. The predicted octanol–water partition coefficient (Wildman–Crippen LogP) is 4.21. The average molecular weight is 438 g/mol. The highest BCUT2D eigenvalue weighted by Gasteiger charge is 2.36. The van der Waals surface area contributed by atoms with Crippen molar-refractivity contribution in [2.24, 2.45) is 4.99 Å². The second-order valence-corrected chi connectivity index (χ2v) is 8.31. The van der Waals surface area contributed by atoms with Crippen LogP contribution in [0.5, 0.6) is 11.5 Å². The van der Waals surface area contributed by atoms with Crippen molar-refractivity contribution in [2.75, 3.05) is 26.2 Å². The molecule has 3 aromatic rings. The van der Waals surface area contributed by atoms with E-state index in [2.05, 4.69) is 16.3 Å². The van der Waals surface area contributed by atoms with Crippen molar-refractivity contribution in [2.45, 2.75) is 12.5 Å². The van der Waals surface area contributed by atoms with Gasteiger partial charge in [0.1, 0.15) is 5.92 Å². The number of anilines is 1. The molecule has 33 heavy (non-hydrogen) atoms. The van der Waals surface area contributed by atoms with Crippen molar-refractivity contribution >= 4 is 23.0 Å². The lowest BCUT2D eigenvalue weighted by molar-refractivity contribution is -0.115. The van der Waals surface area contributed by atoms with Crippen molar-refractivity contribution in [3.63, 3.8) is 0 Å². The largest absolute Gasteiger partial charge is 0.454 e. The lowest BCUT2D eigenvalue weighted by Crippen LogP contribution is -2.22. The van der Waals surface area contributed by atoms with E-state index in [1.54, 1.807) is 12.1 Å². The fourth-order valence-electron chi connectivity index (χ4n) is 4.14. The minimum atomic E-state index is -0.616. The molecule has 164 valence electrons. The van der Waals surface area contributed by atoms with Crippen molar-refractivity contribution in [1.82, 2.24) is 4.90 Å². The number of carbonyl (C=O) groups is 1. The molecule has 1 N–H and O–H groups in total. The van der Waals surface area contributed by atoms with E-state index >= 15 is 0 Å². The van der Waals surface area contributed by atoms with Gasteiger partial charge in [0.05, 0.1) is 23.0 Å². The zero-order valence-corrected chi connectivity index (χ0v) is 18.3. The quantitative estimate of drug-likeness (QED) is 0.603. The monoisotopic (exact) mass is 438 g/mol. The van der Waals surface area contributed by atoms with E-state index in [0.717, 1.165) is 23.4 Å². The summed E-state index contributed by atoms with van der Waals surface area (Å²) in [7, 11) is 4.05. The fourth-order valence-corrected chi connectivity index (χ4v) is 4.14. The number of rotatable bonds is 5. The van der Waals surface area contributed by atoms with Crippen LogP contribution >= 0.6 is 0 Å². The first-order valence-electron chi connectivity index (χ1n) is 10.6. The van der Waals surface area contributed by atoms with Crippen LogP contribution in [0.4, 0.5) is 11.4 Å². The first-order chi connectivity index (χ1) is 16.0. The van der Waals surface area contributed by atoms with Crippen molar-refractivity contribution in [1.29, 1.82) is 5.26 Å². The third kappa shape index (κ3) is 4.04. The molecule has 2 aliphatic rings. The number of fused-ring (bicyclic) bond motifs is 2. The molecule has 7 nitrogen and oxygen atoms in total. The van der Waals surface area contributed by atoms with E-state index in [0.29, 0.717) is 28.5 Å². The van der Waals surface area contributed by atoms with Crippen LogP contribution in [-0.2, 0) is 11.3 Å². The molecule has 0 spiro atoms. The van der Waals surface area contributed by atoms with Gasteiger partial charge in [0, 0.05) is 17.8 Å². The Hall–Kier alpha value is -4.15. The first kappa shape index (κ1) is 20.7. The fraction of sp³-hybridized carbons (Fsp3) is 0.192. The molecule has 0 saturated carbocycles. The van der Waals surface area contributed by atoms with Gasteiger partial charge in [-0.15, -0.1) is 0 Å². The number of benzene rings is 3. The Balaban J connectivity index is 1.61.